The van der Waals surface area contributed by atoms with Crippen molar-refractivity contribution in [3.8, 4) is 5.75 Å². The van der Waals surface area contributed by atoms with Crippen molar-refractivity contribution in [1.29, 1.82) is 0 Å². The molecule has 0 N–H and O–H groups in total. The maximum absolute atomic E-state index is 11.5. The number of hydrogen-bond acceptors (Lipinski definition) is 3. The highest BCUT2D eigenvalue weighted by atomic mass is 35.5. The standard InChI is InChI=1S/C16H12Cl4O3/c1-8(21)23-16(11-4-3-9(17)5-12(11)18)15-13(19)6-10(22-2)7-14(15)20/h3-7,16H,1-2H3/t16-/m0/s1. The first kappa shape index (κ1) is 18.2. The summed E-state index contributed by atoms with van der Waals surface area (Å²) in [5.74, 6) is -0.00324. The summed E-state index contributed by atoms with van der Waals surface area (Å²) in [6, 6.07) is 8.03. The van der Waals surface area contributed by atoms with Crippen LogP contribution in [0.1, 0.15) is 24.2 Å². The van der Waals surface area contributed by atoms with Crippen LogP contribution in [0.2, 0.25) is 20.1 Å². The predicted octanol–water partition coefficient (Wildman–Crippen LogP) is 5.96. The molecule has 0 unspecified atom stereocenters. The van der Waals surface area contributed by atoms with Gasteiger partial charge in [-0.2, -0.15) is 0 Å². The lowest BCUT2D eigenvalue weighted by Crippen LogP contribution is -2.12. The van der Waals surface area contributed by atoms with E-state index in [1.54, 1.807) is 30.3 Å². The van der Waals surface area contributed by atoms with Gasteiger partial charge in [0.1, 0.15) is 5.75 Å². The minimum atomic E-state index is -0.858. The number of halogens is 4. The monoisotopic (exact) mass is 392 g/mol. The third kappa shape index (κ3) is 4.24. The molecule has 0 saturated heterocycles. The van der Waals surface area contributed by atoms with Crippen molar-refractivity contribution in [2.45, 2.75) is 13.0 Å². The van der Waals surface area contributed by atoms with Crippen LogP contribution in [0.15, 0.2) is 30.3 Å². The predicted molar refractivity (Wildman–Crippen MR) is 93.1 cm³/mol. The molecule has 0 radical (unpaired) electrons. The lowest BCUT2D eigenvalue weighted by atomic mass is 10.0. The second-order valence-electron chi connectivity index (χ2n) is 4.66. The van der Waals surface area contributed by atoms with Gasteiger partial charge in [0.25, 0.3) is 0 Å². The van der Waals surface area contributed by atoms with E-state index in [4.69, 9.17) is 55.9 Å². The molecule has 0 fully saturated rings. The van der Waals surface area contributed by atoms with Crippen molar-refractivity contribution in [2.24, 2.45) is 0 Å². The molecule has 2 rings (SSSR count). The quantitative estimate of drug-likeness (QED) is 0.601. The molecule has 0 saturated carbocycles. The van der Waals surface area contributed by atoms with E-state index in [0.29, 0.717) is 37.0 Å². The van der Waals surface area contributed by atoms with E-state index < -0.39 is 12.1 Å². The van der Waals surface area contributed by atoms with Crippen LogP contribution in [-0.4, -0.2) is 13.1 Å². The lowest BCUT2D eigenvalue weighted by Gasteiger charge is -2.22. The molecular formula is C16H12Cl4O3. The Kier molecular flexibility index (Phi) is 6.04. The van der Waals surface area contributed by atoms with Gasteiger partial charge in [0.2, 0.25) is 0 Å². The van der Waals surface area contributed by atoms with Crippen LogP contribution in [0.5, 0.6) is 5.75 Å². The van der Waals surface area contributed by atoms with Crippen molar-refractivity contribution in [3.05, 3.63) is 61.5 Å². The Hall–Kier alpha value is -1.13. The summed E-state index contributed by atoms with van der Waals surface area (Å²) in [6.45, 7) is 1.29. The molecular weight excluding hydrogens is 382 g/mol. The summed E-state index contributed by atoms with van der Waals surface area (Å²) in [6.07, 6.45) is -0.858. The zero-order valence-corrected chi connectivity index (χ0v) is 15.2. The lowest BCUT2D eigenvalue weighted by molar-refractivity contribution is -0.144. The van der Waals surface area contributed by atoms with Gasteiger partial charge in [0.15, 0.2) is 6.10 Å². The first-order chi connectivity index (χ1) is 10.8. The molecule has 0 aliphatic carbocycles. The van der Waals surface area contributed by atoms with Gasteiger partial charge < -0.3 is 9.47 Å². The number of ether oxygens (including phenoxy) is 2. The number of rotatable bonds is 4. The second-order valence-corrected chi connectivity index (χ2v) is 6.32. The molecule has 23 heavy (non-hydrogen) atoms. The summed E-state index contributed by atoms with van der Waals surface area (Å²) in [5, 5.41) is 1.40. The highest BCUT2D eigenvalue weighted by Gasteiger charge is 2.26. The van der Waals surface area contributed by atoms with Crippen molar-refractivity contribution in [1.82, 2.24) is 0 Å². The molecule has 7 heteroatoms. The summed E-state index contributed by atoms with van der Waals surface area (Å²) >= 11 is 24.7. The van der Waals surface area contributed by atoms with Gasteiger partial charge in [0.05, 0.1) is 17.2 Å². The fourth-order valence-electron chi connectivity index (χ4n) is 2.09. The maximum atomic E-state index is 11.5. The summed E-state index contributed by atoms with van der Waals surface area (Å²) < 4.78 is 10.5. The Morgan fingerprint density at radius 1 is 1.00 bits per heavy atom. The van der Waals surface area contributed by atoms with Gasteiger partial charge >= 0.3 is 5.97 Å². The van der Waals surface area contributed by atoms with Crippen molar-refractivity contribution in [3.63, 3.8) is 0 Å². The van der Waals surface area contributed by atoms with Crippen molar-refractivity contribution >= 4 is 52.4 Å². The Bertz CT molecular complexity index is 723. The first-order valence-electron chi connectivity index (χ1n) is 6.48. The molecule has 0 bridgehead atoms. The number of methoxy groups -OCH3 is 1. The third-order valence-electron chi connectivity index (χ3n) is 3.08. The number of carbonyl (C=O) groups excluding carboxylic acids is 1. The highest BCUT2D eigenvalue weighted by Crippen LogP contribution is 2.41. The van der Waals surface area contributed by atoms with Gasteiger partial charge in [-0.15, -0.1) is 0 Å². The van der Waals surface area contributed by atoms with E-state index >= 15 is 0 Å². The Labute approximate surface area is 154 Å². The van der Waals surface area contributed by atoms with Gasteiger partial charge in [-0.25, -0.2) is 0 Å². The first-order valence-corrected chi connectivity index (χ1v) is 7.99. The minimum absolute atomic E-state index is 0.298. The summed E-state index contributed by atoms with van der Waals surface area (Å²) in [5.41, 5.74) is 0.953. The second kappa shape index (κ2) is 7.63. The van der Waals surface area contributed by atoms with E-state index in [9.17, 15) is 4.79 Å². The van der Waals surface area contributed by atoms with Gasteiger partial charge in [0, 0.05) is 28.1 Å². The van der Waals surface area contributed by atoms with Crippen LogP contribution in [0.4, 0.5) is 0 Å². The van der Waals surface area contributed by atoms with Crippen molar-refractivity contribution in [2.75, 3.05) is 7.11 Å². The van der Waals surface area contributed by atoms with E-state index in [1.807, 2.05) is 0 Å². The Morgan fingerprint density at radius 2 is 1.61 bits per heavy atom. The Morgan fingerprint density at radius 3 is 2.09 bits per heavy atom. The fraction of sp³-hybridized carbons (Fsp3) is 0.188. The normalized spacial score (nSPS) is 11.9. The Balaban J connectivity index is 2.62. The summed E-state index contributed by atoms with van der Waals surface area (Å²) in [7, 11) is 1.50. The van der Waals surface area contributed by atoms with Gasteiger partial charge in [-0.05, 0) is 24.3 Å². The third-order valence-corrected chi connectivity index (χ3v) is 4.27. The molecule has 0 spiro atoms. The smallest absolute Gasteiger partial charge is 0.303 e. The van der Waals surface area contributed by atoms with E-state index in [2.05, 4.69) is 0 Å². The molecule has 0 amide bonds. The molecule has 2 aromatic rings. The molecule has 2 aromatic carbocycles. The maximum Gasteiger partial charge on any atom is 0.303 e. The average Bonchev–Trinajstić information content (AvgIpc) is 2.45. The topological polar surface area (TPSA) is 35.5 Å². The van der Waals surface area contributed by atoms with Crippen LogP contribution in [0, 0.1) is 0 Å². The van der Waals surface area contributed by atoms with Crippen LogP contribution in [0.3, 0.4) is 0 Å². The van der Waals surface area contributed by atoms with E-state index in [0.717, 1.165) is 0 Å². The largest absolute Gasteiger partial charge is 0.497 e. The fourth-order valence-corrected chi connectivity index (χ4v) is 3.26. The molecule has 1 atom stereocenters. The summed E-state index contributed by atoms with van der Waals surface area (Å²) in [4.78, 5) is 11.5. The van der Waals surface area contributed by atoms with Crippen LogP contribution in [0.25, 0.3) is 0 Å². The molecule has 122 valence electrons. The molecule has 0 aliphatic heterocycles. The van der Waals surface area contributed by atoms with Crippen molar-refractivity contribution < 1.29 is 14.3 Å². The zero-order valence-electron chi connectivity index (χ0n) is 12.2. The number of hydrogen-bond donors (Lipinski definition) is 0. The molecule has 0 aliphatic rings. The van der Waals surface area contributed by atoms with Gasteiger partial charge in [-0.1, -0.05) is 52.5 Å². The van der Waals surface area contributed by atoms with Crippen LogP contribution >= 0.6 is 46.4 Å². The highest BCUT2D eigenvalue weighted by molar-refractivity contribution is 6.37. The molecule has 0 heterocycles. The zero-order chi connectivity index (χ0) is 17.1. The minimum Gasteiger partial charge on any atom is -0.497 e. The van der Waals surface area contributed by atoms with Crippen LogP contribution < -0.4 is 4.74 Å². The van der Waals surface area contributed by atoms with Gasteiger partial charge in [-0.3, -0.25) is 4.79 Å². The SMILES string of the molecule is COc1cc(Cl)c([C@@H](OC(C)=O)c2ccc(Cl)cc2Cl)c(Cl)c1. The van der Waals surface area contributed by atoms with E-state index in [1.165, 1.54) is 14.0 Å². The number of esters is 1. The van der Waals surface area contributed by atoms with Crippen LogP contribution in [-0.2, 0) is 9.53 Å². The number of benzene rings is 2. The van der Waals surface area contributed by atoms with E-state index in [-0.39, 0.29) is 0 Å². The average molecular weight is 394 g/mol. The molecule has 0 aromatic heterocycles. The molecule has 3 nitrogen and oxygen atoms in total. The number of carbonyl (C=O) groups is 1.